The molecule has 0 rings (SSSR count). The Kier molecular flexibility index (Phi) is 7.80. The van der Waals surface area contributed by atoms with Crippen LogP contribution in [0.1, 0.15) is 47.5 Å². The van der Waals surface area contributed by atoms with Crippen LogP contribution < -0.4 is 5.32 Å². The van der Waals surface area contributed by atoms with Gasteiger partial charge in [0.1, 0.15) is 6.61 Å². The van der Waals surface area contributed by atoms with Crippen molar-refractivity contribution in [2.75, 3.05) is 13.2 Å². The van der Waals surface area contributed by atoms with Crippen molar-refractivity contribution in [3.63, 3.8) is 0 Å². The zero-order valence-electron chi connectivity index (χ0n) is 11.7. The van der Waals surface area contributed by atoms with Crippen LogP contribution in [-0.2, 0) is 9.53 Å². The molecule has 3 nitrogen and oxygen atoms in total. The number of hydrogen-bond acceptors (Lipinski definition) is 2. The lowest BCUT2D eigenvalue weighted by atomic mass is 9.99. The van der Waals surface area contributed by atoms with Crippen LogP contribution in [-0.4, -0.2) is 30.0 Å². The van der Waals surface area contributed by atoms with E-state index in [4.69, 9.17) is 16.3 Å². The molecule has 0 aromatic heterocycles. The van der Waals surface area contributed by atoms with Crippen molar-refractivity contribution in [3.8, 4) is 0 Å². The highest BCUT2D eigenvalue weighted by atomic mass is 35.5. The molecule has 102 valence electrons. The molecule has 0 radical (unpaired) electrons. The van der Waals surface area contributed by atoms with Gasteiger partial charge in [0, 0.05) is 6.54 Å². The van der Waals surface area contributed by atoms with Crippen molar-refractivity contribution in [2.24, 2.45) is 5.92 Å². The molecule has 1 unspecified atom stereocenters. The van der Waals surface area contributed by atoms with Gasteiger partial charge in [-0.15, -0.1) is 11.6 Å². The standard InChI is InChI=1S/C13H26ClNO2/c1-6-10(7-2)11(14)8-15-12(16)9-17-13(3,4)5/h10-11H,6-9H2,1-5H3,(H,15,16). The second-order valence-corrected chi connectivity index (χ2v) is 5.86. The van der Waals surface area contributed by atoms with Gasteiger partial charge in [-0.1, -0.05) is 26.7 Å². The summed E-state index contributed by atoms with van der Waals surface area (Å²) in [5.41, 5.74) is -0.285. The average Bonchev–Trinajstić information content (AvgIpc) is 2.24. The molecule has 1 amide bonds. The van der Waals surface area contributed by atoms with Crippen molar-refractivity contribution >= 4 is 17.5 Å². The van der Waals surface area contributed by atoms with Gasteiger partial charge in [0.2, 0.25) is 5.91 Å². The number of nitrogens with one attached hydrogen (secondary N) is 1. The van der Waals surface area contributed by atoms with E-state index in [2.05, 4.69) is 19.2 Å². The molecule has 0 fully saturated rings. The molecule has 0 aromatic rings. The topological polar surface area (TPSA) is 38.3 Å². The minimum absolute atomic E-state index is 0.00332. The van der Waals surface area contributed by atoms with Crippen LogP contribution >= 0.6 is 11.6 Å². The first kappa shape index (κ1) is 16.7. The quantitative estimate of drug-likeness (QED) is 0.717. The molecule has 0 aliphatic heterocycles. The first-order chi connectivity index (χ1) is 7.80. The van der Waals surface area contributed by atoms with E-state index in [1.165, 1.54) is 0 Å². The SMILES string of the molecule is CCC(CC)C(Cl)CNC(=O)COC(C)(C)C. The van der Waals surface area contributed by atoms with E-state index in [1.807, 2.05) is 20.8 Å². The zero-order chi connectivity index (χ0) is 13.5. The molecule has 0 aromatic carbocycles. The predicted octanol–water partition coefficient (Wildman–Crippen LogP) is 2.96. The third-order valence-electron chi connectivity index (χ3n) is 2.69. The molecule has 0 aliphatic rings. The van der Waals surface area contributed by atoms with Gasteiger partial charge < -0.3 is 10.1 Å². The summed E-state index contributed by atoms with van der Waals surface area (Å²) in [7, 11) is 0. The Morgan fingerprint density at radius 3 is 2.24 bits per heavy atom. The lowest BCUT2D eigenvalue weighted by Gasteiger charge is -2.21. The third kappa shape index (κ3) is 8.44. The van der Waals surface area contributed by atoms with Crippen molar-refractivity contribution < 1.29 is 9.53 Å². The van der Waals surface area contributed by atoms with Crippen LogP contribution in [0, 0.1) is 5.92 Å². The van der Waals surface area contributed by atoms with E-state index < -0.39 is 0 Å². The van der Waals surface area contributed by atoms with Crippen LogP contribution in [0.15, 0.2) is 0 Å². The van der Waals surface area contributed by atoms with Gasteiger partial charge in [-0.05, 0) is 26.7 Å². The summed E-state index contributed by atoms with van der Waals surface area (Å²) in [6.07, 6.45) is 2.08. The fourth-order valence-electron chi connectivity index (χ4n) is 1.51. The molecular weight excluding hydrogens is 238 g/mol. The smallest absolute Gasteiger partial charge is 0.246 e. The Bertz CT molecular complexity index is 222. The molecule has 0 heterocycles. The molecule has 1 N–H and O–H groups in total. The van der Waals surface area contributed by atoms with Crippen molar-refractivity contribution in [1.29, 1.82) is 0 Å². The lowest BCUT2D eigenvalue weighted by molar-refractivity contribution is -0.130. The number of hydrogen-bond donors (Lipinski definition) is 1. The van der Waals surface area contributed by atoms with Gasteiger partial charge in [0.05, 0.1) is 11.0 Å². The molecular formula is C13H26ClNO2. The van der Waals surface area contributed by atoms with Crippen molar-refractivity contribution in [3.05, 3.63) is 0 Å². The van der Waals surface area contributed by atoms with Crippen LogP contribution in [0.4, 0.5) is 0 Å². The normalized spacial score (nSPS) is 13.8. The summed E-state index contributed by atoms with van der Waals surface area (Å²) in [4.78, 5) is 11.5. The summed E-state index contributed by atoms with van der Waals surface area (Å²) in [5, 5.41) is 2.81. The number of ether oxygens (including phenoxy) is 1. The maximum absolute atomic E-state index is 11.5. The summed E-state index contributed by atoms with van der Waals surface area (Å²) in [5.74, 6) is 0.358. The van der Waals surface area contributed by atoms with Gasteiger partial charge in [-0.2, -0.15) is 0 Å². The molecule has 0 saturated heterocycles. The molecule has 1 atom stereocenters. The van der Waals surface area contributed by atoms with E-state index in [-0.39, 0.29) is 23.5 Å². The van der Waals surface area contributed by atoms with Crippen LogP contribution in [0.2, 0.25) is 0 Å². The van der Waals surface area contributed by atoms with Gasteiger partial charge in [0.25, 0.3) is 0 Å². The van der Waals surface area contributed by atoms with E-state index in [0.29, 0.717) is 12.5 Å². The highest BCUT2D eigenvalue weighted by Gasteiger charge is 2.17. The molecule has 0 aliphatic carbocycles. The van der Waals surface area contributed by atoms with Crippen LogP contribution in [0.25, 0.3) is 0 Å². The van der Waals surface area contributed by atoms with E-state index in [1.54, 1.807) is 0 Å². The second kappa shape index (κ2) is 7.93. The third-order valence-corrected chi connectivity index (χ3v) is 3.20. The monoisotopic (exact) mass is 263 g/mol. The highest BCUT2D eigenvalue weighted by molar-refractivity contribution is 6.21. The largest absolute Gasteiger partial charge is 0.366 e. The molecule has 0 spiro atoms. The highest BCUT2D eigenvalue weighted by Crippen LogP contribution is 2.17. The summed E-state index contributed by atoms with van der Waals surface area (Å²) in [6, 6.07) is 0. The number of carbonyl (C=O) groups excluding carboxylic acids is 1. The zero-order valence-corrected chi connectivity index (χ0v) is 12.4. The fraction of sp³-hybridized carbons (Fsp3) is 0.923. The number of alkyl halides is 1. The minimum Gasteiger partial charge on any atom is -0.366 e. The number of amides is 1. The van der Waals surface area contributed by atoms with Crippen molar-refractivity contribution in [2.45, 2.75) is 58.4 Å². The Morgan fingerprint density at radius 1 is 1.29 bits per heavy atom. The van der Waals surface area contributed by atoms with Gasteiger partial charge in [-0.3, -0.25) is 4.79 Å². The average molecular weight is 264 g/mol. The number of rotatable bonds is 7. The first-order valence-electron chi connectivity index (χ1n) is 6.34. The van der Waals surface area contributed by atoms with E-state index >= 15 is 0 Å². The second-order valence-electron chi connectivity index (χ2n) is 5.30. The molecule has 0 saturated carbocycles. The Hall–Kier alpha value is -0.280. The summed E-state index contributed by atoms with van der Waals surface area (Å²) >= 11 is 6.23. The minimum atomic E-state index is -0.285. The van der Waals surface area contributed by atoms with Crippen molar-refractivity contribution in [1.82, 2.24) is 5.32 Å². The van der Waals surface area contributed by atoms with Gasteiger partial charge in [0.15, 0.2) is 0 Å². The molecule has 17 heavy (non-hydrogen) atoms. The molecule has 4 heteroatoms. The summed E-state index contributed by atoms with van der Waals surface area (Å²) in [6.45, 7) is 10.6. The van der Waals surface area contributed by atoms with Gasteiger partial charge in [-0.25, -0.2) is 0 Å². The van der Waals surface area contributed by atoms with Crippen LogP contribution in [0.5, 0.6) is 0 Å². The number of halogens is 1. The maximum atomic E-state index is 11.5. The maximum Gasteiger partial charge on any atom is 0.246 e. The summed E-state index contributed by atoms with van der Waals surface area (Å²) < 4.78 is 5.38. The van der Waals surface area contributed by atoms with E-state index in [9.17, 15) is 4.79 Å². The Balaban J connectivity index is 3.84. The van der Waals surface area contributed by atoms with E-state index in [0.717, 1.165) is 12.8 Å². The molecule has 0 bridgehead atoms. The fourth-order valence-corrected chi connectivity index (χ4v) is 1.94. The Labute approximate surface area is 110 Å². The Morgan fingerprint density at radius 2 is 1.82 bits per heavy atom. The first-order valence-corrected chi connectivity index (χ1v) is 6.78. The van der Waals surface area contributed by atoms with Crippen LogP contribution in [0.3, 0.4) is 0 Å². The predicted molar refractivity (Wildman–Crippen MR) is 72.4 cm³/mol. The number of carbonyl (C=O) groups is 1. The van der Waals surface area contributed by atoms with Gasteiger partial charge >= 0.3 is 0 Å². The lowest BCUT2D eigenvalue weighted by Crippen LogP contribution is -2.37.